The van der Waals surface area contributed by atoms with Gasteiger partial charge in [-0.3, -0.25) is 0 Å². The molecule has 0 bridgehead atoms. The van der Waals surface area contributed by atoms with Crippen LogP contribution < -0.4 is 0 Å². The molecule has 0 aliphatic carbocycles. The van der Waals surface area contributed by atoms with Gasteiger partial charge in [-0.1, -0.05) is 22.9 Å². The van der Waals surface area contributed by atoms with Gasteiger partial charge in [-0.05, 0) is 40.0 Å². The molecule has 0 amide bonds. The summed E-state index contributed by atoms with van der Waals surface area (Å²) in [6.07, 6.45) is 0.830. The summed E-state index contributed by atoms with van der Waals surface area (Å²) < 4.78 is 14.3. The van der Waals surface area contributed by atoms with E-state index in [9.17, 15) is 4.39 Å². The maximum atomic E-state index is 13.0. The van der Waals surface area contributed by atoms with Crippen LogP contribution in [0.1, 0.15) is 12.5 Å². The third-order valence-corrected chi connectivity index (χ3v) is 2.80. The van der Waals surface area contributed by atoms with Crippen LogP contribution in [0.5, 0.6) is 0 Å². The van der Waals surface area contributed by atoms with Crippen molar-refractivity contribution in [3.8, 4) is 0 Å². The van der Waals surface area contributed by atoms with Gasteiger partial charge in [0.25, 0.3) is 0 Å². The van der Waals surface area contributed by atoms with E-state index in [4.69, 9.17) is 0 Å². The predicted molar refractivity (Wildman–Crippen MR) is 51.2 cm³/mol. The smallest absolute Gasteiger partial charge is 0.138 e. The van der Waals surface area contributed by atoms with Crippen molar-refractivity contribution in [3.63, 3.8) is 0 Å². The van der Waals surface area contributed by atoms with Crippen molar-refractivity contribution in [1.29, 1.82) is 0 Å². The number of benzene rings is 1. The van der Waals surface area contributed by atoms with Crippen molar-refractivity contribution in [2.24, 2.45) is 0 Å². The lowest BCUT2D eigenvalue weighted by molar-refractivity contribution is 0.617. The molecule has 0 heterocycles. The Labute approximate surface area is 82.1 Å². The lowest BCUT2D eigenvalue weighted by Crippen LogP contribution is -1.86. The number of halogens is 3. The molecule has 0 aromatic heterocycles. The van der Waals surface area contributed by atoms with Crippen molar-refractivity contribution in [2.75, 3.05) is 0 Å². The zero-order valence-electron chi connectivity index (χ0n) is 6.00. The molecule has 1 aromatic rings. The van der Waals surface area contributed by atoms with E-state index < -0.39 is 0 Å². The van der Waals surface area contributed by atoms with Crippen LogP contribution in [0, 0.1) is 5.82 Å². The van der Waals surface area contributed by atoms with Gasteiger partial charge in [0.2, 0.25) is 0 Å². The molecule has 0 nitrogen and oxygen atoms in total. The topological polar surface area (TPSA) is 0 Å². The minimum atomic E-state index is -0.212. The van der Waals surface area contributed by atoms with Crippen LogP contribution in [-0.2, 0) is 6.42 Å². The van der Waals surface area contributed by atoms with Crippen molar-refractivity contribution in [3.05, 3.63) is 32.5 Å². The van der Waals surface area contributed by atoms with Gasteiger partial charge in [0.05, 0.1) is 4.47 Å². The van der Waals surface area contributed by atoms with E-state index in [0.717, 1.165) is 16.5 Å². The molecule has 0 atom stereocenters. The van der Waals surface area contributed by atoms with Crippen LogP contribution in [0.15, 0.2) is 21.1 Å². The lowest BCUT2D eigenvalue weighted by atomic mass is 10.2. The molecule has 60 valence electrons. The second-order valence-corrected chi connectivity index (χ2v) is 3.92. The van der Waals surface area contributed by atoms with Gasteiger partial charge >= 0.3 is 0 Å². The first-order valence-electron chi connectivity index (χ1n) is 3.28. The van der Waals surface area contributed by atoms with E-state index in [2.05, 4.69) is 31.9 Å². The number of rotatable bonds is 1. The quantitative estimate of drug-likeness (QED) is 0.685. The van der Waals surface area contributed by atoms with Crippen molar-refractivity contribution >= 4 is 31.9 Å². The Morgan fingerprint density at radius 1 is 1.36 bits per heavy atom. The molecule has 0 N–H and O–H groups in total. The average Bonchev–Trinajstić information content (AvgIpc) is 1.96. The van der Waals surface area contributed by atoms with Crippen molar-refractivity contribution < 1.29 is 4.39 Å². The number of hydrogen-bond acceptors (Lipinski definition) is 0. The summed E-state index contributed by atoms with van der Waals surface area (Å²) in [5.41, 5.74) is 0.983. The van der Waals surface area contributed by atoms with Crippen LogP contribution in [0.3, 0.4) is 0 Å². The van der Waals surface area contributed by atoms with E-state index in [1.54, 1.807) is 0 Å². The van der Waals surface area contributed by atoms with Crippen LogP contribution in [-0.4, -0.2) is 0 Å². The monoisotopic (exact) mass is 280 g/mol. The molecule has 0 radical (unpaired) electrons. The molecule has 0 aliphatic rings. The Balaban J connectivity index is 3.24. The highest BCUT2D eigenvalue weighted by molar-refractivity contribution is 9.11. The first-order chi connectivity index (χ1) is 5.15. The predicted octanol–water partition coefficient (Wildman–Crippen LogP) is 3.91. The van der Waals surface area contributed by atoms with Gasteiger partial charge in [0.15, 0.2) is 0 Å². The lowest BCUT2D eigenvalue weighted by Gasteiger charge is -2.02. The first-order valence-corrected chi connectivity index (χ1v) is 4.87. The summed E-state index contributed by atoms with van der Waals surface area (Å²) in [6.45, 7) is 1.99. The summed E-state index contributed by atoms with van der Waals surface area (Å²) >= 11 is 6.41. The van der Waals surface area contributed by atoms with Crippen LogP contribution in [0.25, 0.3) is 0 Å². The standard InChI is InChI=1S/C8H7Br2F/c1-2-5-3-6(9)4-7(11)8(5)10/h3-4H,2H2,1H3. The zero-order chi connectivity index (χ0) is 8.43. The van der Waals surface area contributed by atoms with Gasteiger partial charge in [0.1, 0.15) is 5.82 Å². The Morgan fingerprint density at radius 3 is 2.55 bits per heavy atom. The second-order valence-electron chi connectivity index (χ2n) is 2.21. The largest absolute Gasteiger partial charge is 0.206 e. The molecule has 3 heteroatoms. The summed E-state index contributed by atoms with van der Waals surface area (Å²) in [7, 11) is 0. The van der Waals surface area contributed by atoms with Crippen molar-refractivity contribution in [2.45, 2.75) is 13.3 Å². The molecule has 1 rings (SSSR count). The first kappa shape index (κ1) is 9.20. The van der Waals surface area contributed by atoms with Gasteiger partial charge in [-0.15, -0.1) is 0 Å². The highest BCUT2D eigenvalue weighted by Crippen LogP contribution is 2.25. The summed E-state index contributed by atoms with van der Waals surface area (Å²) in [5, 5.41) is 0. The molecule has 0 aliphatic heterocycles. The van der Waals surface area contributed by atoms with E-state index in [1.807, 2.05) is 13.0 Å². The minimum absolute atomic E-state index is 0.212. The Hall–Kier alpha value is 0.110. The van der Waals surface area contributed by atoms with Gasteiger partial charge in [-0.2, -0.15) is 0 Å². The maximum absolute atomic E-state index is 13.0. The Kier molecular flexibility index (Phi) is 3.07. The van der Waals surface area contributed by atoms with Gasteiger partial charge < -0.3 is 0 Å². The third kappa shape index (κ3) is 2.03. The van der Waals surface area contributed by atoms with E-state index in [0.29, 0.717) is 4.47 Å². The normalized spacial score (nSPS) is 10.2. The third-order valence-electron chi connectivity index (χ3n) is 1.45. The number of hydrogen-bond donors (Lipinski definition) is 0. The van der Waals surface area contributed by atoms with E-state index in [-0.39, 0.29) is 5.82 Å². The van der Waals surface area contributed by atoms with Crippen LogP contribution in [0.2, 0.25) is 0 Å². The molecule has 0 unspecified atom stereocenters. The molecule has 0 fully saturated rings. The second kappa shape index (κ2) is 3.68. The molecular formula is C8H7Br2F. The van der Waals surface area contributed by atoms with E-state index >= 15 is 0 Å². The molecule has 1 aromatic carbocycles. The highest BCUT2D eigenvalue weighted by Gasteiger charge is 2.04. The summed E-state index contributed by atoms with van der Waals surface area (Å²) in [4.78, 5) is 0. The Bertz CT molecular complexity index is 271. The highest BCUT2D eigenvalue weighted by atomic mass is 79.9. The number of aryl methyl sites for hydroxylation is 1. The average molecular weight is 282 g/mol. The maximum Gasteiger partial charge on any atom is 0.138 e. The fourth-order valence-electron chi connectivity index (χ4n) is 0.867. The van der Waals surface area contributed by atoms with Crippen LogP contribution >= 0.6 is 31.9 Å². The molecule has 0 saturated heterocycles. The van der Waals surface area contributed by atoms with Crippen molar-refractivity contribution in [1.82, 2.24) is 0 Å². The molecule has 11 heavy (non-hydrogen) atoms. The Morgan fingerprint density at radius 2 is 2.00 bits per heavy atom. The summed E-state index contributed by atoms with van der Waals surface area (Å²) in [6, 6.07) is 3.36. The molecule has 0 spiro atoms. The van der Waals surface area contributed by atoms with E-state index in [1.165, 1.54) is 6.07 Å². The van der Waals surface area contributed by atoms with Crippen LogP contribution in [0.4, 0.5) is 4.39 Å². The van der Waals surface area contributed by atoms with Gasteiger partial charge in [-0.25, -0.2) is 4.39 Å². The zero-order valence-corrected chi connectivity index (χ0v) is 9.17. The molecular weight excluding hydrogens is 275 g/mol. The van der Waals surface area contributed by atoms with Gasteiger partial charge in [0, 0.05) is 4.47 Å². The summed E-state index contributed by atoms with van der Waals surface area (Å²) in [5.74, 6) is -0.212. The molecule has 0 saturated carbocycles. The minimum Gasteiger partial charge on any atom is -0.206 e. The fourth-order valence-corrected chi connectivity index (χ4v) is 1.85. The fraction of sp³-hybridized carbons (Fsp3) is 0.250. The SMILES string of the molecule is CCc1cc(Br)cc(F)c1Br.